The monoisotopic (exact) mass is 274 g/mol. The van der Waals surface area contributed by atoms with E-state index < -0.39 is 23.9 Å². The minimum absolute atomic E-state index is 0.0770. The second-order valence-corrected chi connectivity index (χ2v) is 3.72. The number of hydrogen-bond donors (Lipinski definition) is 5. The van der Waals surface area contributed by atoms with Crippen LogP contribution in [0.1, 0.15) is 19.3 Å². The molecule has 1 unspecified atom stereocenters. The predicted octanol–water partition coefficient (Wildman–Crippen LogP) is -1.86. The number of nitrogens with two attached hydrogens (primary N) is 1. The second kappa shape index (κ2) is 8.72. The summed E-state index contributed by atoms with van der Waals surface area (Å²) >= 11 is 0. The first-order chi connectivity index (χ1) is 8.86. The highest BCUT2D eigenvalue weighted by Crippen LogP contribution is 1.97. The highest BCUT2D eigenvalue weighted by molar-refractivity contribution is 5.83. The molecule has 0 radical (unpaired) electrons. The second-order valence-electron chi connectivity index (χ2n) is 3.72. The van der Waals surface area contributed by atoms with Crippen molar-refractivity contribution in [2.45, 2.75) is 25.3 Å². The first-order valence-electron chi connectivity index (χ1n) is 5.63. The van der Waals surface area contributed by atoms with E-state index in [2.05, 4.69) is 16.0 Å². The zero-order valence-electron chi connectivity index (χ0n) is 10.6. The van der Waals surface area contributed by atoms with Gasteiger partial charge in [-0.2, -0.15) is 0 Å². The smallest absolute Gasteiger partial charge is 0.326 e. The minimum atomic E-state index is -1.26. The minimum Gasteiger partial charge on any atom is -0.480 e. The van der Waals surface area contributed by atoms with E-state index in [0.29, 0.717) is 0 Å². The molecule has 0 aromatic carbocycles. The van der Waals surface area contributed by atoms with Crippen molar-refractivity contribution >= 4 is 23.8 Å². The molecule has 0 spiro atoms. The van der Waals surface area contributed by atoms with E-state index in [1.807, 2.05) is 0 Å². The topological polar surface area (TPSA) is 151 Å². The van der Waals surface area contributed by atoms with Gasteiger partial charge >= 0.3 is 12.0 Å². The molecule has 0 aliphatic carbocycles. The van der Waals surface area contributed by atoms with Gasteiger partial charge in [0.1, 0.15) is 6.04 Å². The molecule has 1 atom stereocenters. The van der Waals surface area contributed by atoms with Crippen LogP contribution in [-0.2, 0) is 14.4 Å². The summed E-state index contributed by atoms with van der Waals surface area (Å²) in [6.07, 6.45) is -0.147. The molecular weight excluding hydrogens is 256 g/mol. The van der Waals surface area contributed by atoms with E-state index in [1.165, 1.54) is 7.05 Å². The molecule has 0 saturated carbocycles. The lowest BCUT2D eigenvalue weighted by Crippen LogP contribution is -2.47. The van der Waals surface area contributed by atoms with Gasteiger partial charge in [0.15, 0.2) is 0 Å². The van der Waals surface area contributed by atoms with Crippen molar-refractivity contribution in [1.29, 1.82) is 0 Å². The van der Waals surface area contributed by atoms with E-state index in [-0.39, 0.29) is 31.7 Å². The molecule has 0 saturated heterocycles. The average Bonchev–Trinajstić information content (AvgIpc) is 2.33. The number of carbonyl (C=O) groups excluding carboxylic acids is 3. The fourth-order valence-corrected chi connectivity index (χ4v) is 1.17. The molecule has 108 valence electrons. The third kappa shape index (κ3) is 8.41. The fourth-order valence-electron chi connectivity index (χ4n) is 1.17. The maximum Gasteiger partial charge on any atom is 0.326 e. The van der Waals surface area contributed by atoms with Gasteiger partial charge in [0.2, 0.25) is 11.8 Å². The highest BCUT2D eigenvalue weighted by atomic mass is 16.4. The summed E-state index contributed by atoms with van der Waals surface area (Å²) in [5.74, 6) is -2.15. The summed E-state index contributed by atoms with van der Waals surface area (Å²) in [5, 5.41) is 15.7. The van der Waals surface area contributed by atoms with E-state index in [9.17, 15) is 19.2 Å². The Morgan fingerprint density at radius 1 is 1.21 bits per heavy atom. The van der Waals surface area contributed by atoms with Gasteiger partial charge < -0.3 is 26.8 Å². The van der Waals surface area contributed by atoms with Crippen LogP contribution < -0.4 is 21.7 Å². The van der Waals surface area contributed by atoms with Crippen molar-refractivity contribution in [2.75, 3.05) is 13.6 Å². The summed E-state index contributed by atoms with van der Waals surface area (Å²) in [7, 11) is 1.46. The number of amides is 4. The van der Waals surface area contributed by atoms with Crippen LogP contribution in [-0.4, -0.2) is 48.6 Å². The molecule has 0 aromatic heterocycles. The normalized spacial score (nSPS) is 11.2. The molecule has 19 heavy (non-hydrogen) atoms. The van der Waals surface area contributed by atoms with Crippen molar-refractivity contribution in [2.24, 2.45) is 5.73 Å². The van der Waals surface area contributed by atoms with E-state index in [1.54, 1.807) is 0 Å². The Bertz CT molecular complexity index is 358. The van der Waals surface area contributed by atoms with Crippen molar-refractivity contribution < 1.29 is 24.3 Å². The summed E-state index contributed by atoms with van der Waals surface area (Å²) in [6.45, 7) is 0.0770. The van der Waals surface area contributed by atoms with Gasteiger partial charge in [-0.25, -0.2) is 9.59 Å². The van der Waals surface area contributed by atoms with Crippen LogP contribution in [0.25, 0.3) is 0 Å². The zero-order valence-corrected chi connectivity index (χ0v) is 10.6. The Labute approximate surface area is 109 Å². The maximum absolute atomic E-state index is 11.3. The predicted molar refractivity (Wildman–Crippen MR) is 65.1 cm³/mol. The Balaban J connectivity index is 4.06. The van der Waals surface area contributed by atoms with Gasteiger partial charge in [0, 0.05) is 26.4 Å². The summed E-state index contributed by atoms with van der Waals surface area (Å²) in [6, 6.07) is -1.92. The molecule has 4 amide bonds. The van der Waals surface area contributed by atoms with Crippen molar-refractivity contribution in [1.82, 2.24) is 16.0 Å². The first kappa shape index (κ1) is 16.7. The third-order valence-electron chi connectivity index (χ3n) is 2.20. The Kier molecular flexibility index (Phi) is 7.66. The molecule has 0 aliphatic rings. The van der Waals surface area contributed by atoms with Gasteiger partial charge in [-0.15, -0.1) is 0 Å². The lowest BCUT2D eigenvalue weighted by atomic mass is 10.1. The number of primary amides is 1. The van der Waals surface area contributed by atoms with Crippen LogP contribution in [0.4, 0.5) is 4.79 Å². The van der Waals surface area contributed by atoms with Crippen LogP contribution in [0.2, 0.25) is 0 Å². The third-order valence-corrected chi connectivity index (χ3v) is 2.20. The standard InChI is InChI=1S/C10H18N4O5/c1-12-8(16)4-5-13-10(19)14-6(9(17)18)2-3-7(11)15/h6H,2-5H2,1H3,(H2,11,15)(H,12,16)(H,17,18)(H2,13,14,19). The number of rotatable bonds is 8. The molecule has 9 heteroatoms. The average molecular weight is 274 g/mol. The van der Waals surface area contributed by atoms with Crippen LogP contribution in [0.5, 0.6) is 0 Å². The number of carboxylic acids is 1. The lowest BCUT2D eigenvalue weighted by Gasteiger charge is -2.14. The molecule has 0 aliphatic heterocycles. The molecular formula is C10H18N4O5. The van der Waals surface area contributed by atoms with Gasteiger partial charge in [0.05, 0.1) is 0 Å². The Morgan fingerprint density at radius 3 is 2.32 bits per heavy atom. The summed E-state index contributed by atoms with van der Waals surface area (Å²) < 4.78 is 0. The van der Waals surface area contributed by atoms with Crippen molar-refractivity contribution in [3.63, 3.8) is 0 Å². The van der Waals surface area contributed by atoms with Crippen LogP contribution >= 0.6 is 0 Å². The number of aliphatic carboxylic acids is 1. The molecule has 0 fully saturated rings. The van der Waals surface area contributed by atoms with Crippen LogP contribution in [0, 0.1) is 0 Å². The van der Waals surface area contributed by atoms with Crippen molar-refractivity contribution in [3.8, 4) is 0 Å². The molecule has 0 rings (SSSR count). The van der Waals surface area contributed by atoms with Gasteiger partial charge in [-0.3, -0.25) is 9.59 Å². The number of carbonyl (C=O) groups is 4. The highest BCUT2D eigenvalue weighted by Gasteiger charge is 2.20. The van der Waals surface area contributed by atoms with E-state index in [0.717, 1.165) is 0 Å². The van der Waals surface area contributed by atoms with Crippen LogP contribution in [0.15, 0.2) is 0 Å². The fraction of sp³-hybridized carbons (Fsp3) is 0.600. The SMILES string of the molecule is CNC(=O)CCNC(=O)NC(CCC(N)=O)C(=O)O. The largest absolute Gasteiger partial charge is 0.480 e. The Hall–Kier alpha value is -2.32. The van der Waals surface area contributed by atoms with Gasteiger partial charge in [-0.1, -0.05) is 0 Å². The van der Waals surface area contributed by atoms with Crippen molar-refractivity contribution in [3.05, 3.63) is 0 Å². The quantitative estimate of drug-likeness (QED) is 0.351. The Morgan fingerprint density at radius 2 is 1.84 bits per heavy atom. The molecule has 0 aromatic rings. The number of carboxylic acid groups (broad SMARTS) is 1. The molecule has 6 N–H and O–H groups in total. The molecule has 0 bridgehead atoms. The maximum atomic E-state index is 11.3. The van der Waals surface area contributed by atoms with Crippen LogP contribution in [0.3, 0.4) is 0 Å². The van der Waals surface area contributed by atoms with E-state index in [4.69, 9.17) is 10.8 Å². The number of urea groups is 1. The first-order valence-corrected chi connectivity index (χ1v) is 5.63. The zero-order chi connectivity index (χ0) is 14.8. The lowest BCUT2D eigenvalue weighted by molar-refractivity contribution is -0.139. The number of hydrogen-bond acceptors (Lipinski definition) is 4. The van der Waals surface area contributed by atoms with E-state index >= 15 is 0 Å². The molecule has 9 nitrogen and oxygen atoms in total. The summed E-state index contributed by atoms with van der Waals surface area (Å²) in [5.41, 5.74) is 4.90. The number of nitrogens with one attached hydrogen (secondary N) is 3. The van der Waals surface area contributed by atoms with Gasteiger partial charge in [0.25, 0.3) is 0 Å². The van der Waals surface area contributed by atoms with Gasteiger partial charge in [-0.05, 0) is 6.42 Å². The molecule has 0 heterocycles. The summed E-state index contributed by atoms with van der Waals surface area (Å²) in [4.78, 5) is 43.6.